The number of nitrogens with one attached hydrogen (secondary N) is 2. The lowest BCUT2D eigenvalue weighted by atomic mass is 9.86. The molecule has 38 heavy (non-hydrogen) atoms. The molecule has 0 aromatic heterocycles. The first kappa shape index (κ1) is 28.3. The molecule has 8 heteroatoms. The van der Waals surface area contributed by atoms with Gasteiger partial charge in [-0.15, -0.1) is 0 Å². The lowest BCUT2D eigenvalue weighted by Gasteiger charge is -2.35. The minimum atomic E-state index is -3.75. The Morgan fingerprint density at radius 2 is 1.84 bits per heavy atom. The molecule has 2 unspecified atom stereocenters. The number of fused-ring (bicyclic) bond motifs is 1. The third-order valence-electron chi connectivity index (χ3n) is 7.43. The molecule has 2 aromatic rings. The number of nitriles is 1. The van der Waals surface area contributed by atoms with Crippen LogP contribution in [0.3, 0.4) is 0 Å². The van der Waals surface area contributed by atoms with Crippen LogP contribution in [0.25, 0.3) is 0 Å². The maximum atomic E-state index is 13.4. The van der Waals surface area contributed by atoms with Gasteiger partial charge in [0, 0.05) is 32.1 Å². The normalized spacial score (nSPS) is 20.4. The molecule has 7 nitrogen and oxygen atoms in total. The first-order chi connectivity index (χ1) is 18.1. The second kappa shape index (κ2) is 12.0. The molecule has 4 rings (SSSR count). The summed E-state index contributed by atoms with van der Waals surface area (Å²) in [7, 11) is -3.75. The van der Waals surface area contributed by atoms with Crippen LogP contribution in [-0.2, 0) is 27.8 Å². The van der Waals surface area contributed by atoms with Gasteiger partial charge in [-0.2, -0.15) is 9.57 Å². The largest absolute Gasteiger partial charge is 0.349 e. The molecule has 2 aromatic carbocycles. The van der Waals surface area contributed by atoms with Crippen molar-refractivity contribution >= 4 is 15.9 Å². The summed E-state index contributed by atoms with van der Waals surface area (Å²) in [5.74, 6) is -0.106. The first-order valence-corrected chi connectivity index (χ1v) is 15.1. The van der Waals surface area contributed by atoms with Crippen molar-refractivity contribution in [2.45, 2.75) is 89.2 Å². The number of sulfonamides is 1. The highest BCUT2D eigenvalue weighted by atomic mass is 32.2. The summed E-state index contributed by atoms with van der Waals surface area (Å²) in [6, 6.07) is 14.1. The first-order valence-electron chi connectivity index (χ1n) is 13.7. The molecule has 1 aliphatic heterocycles. The summed E-state index contributed by atoms with van der Waals surface area (Å²) in [6.07, 6.45) is 5.39. The van der Waals surface area contributed by atoms with E-state index in [0.29, 0.717) is 18.5 Å². The third-order valence-corrected chi connectivity index (χ3v) is 9.39. The summed E-state index contributed by atoms with van der Waals surface area (Å²) < 4.78 is 28.3. The predicted octanol–water partition coefficient (Wildman–Crippen LogP) is 4.82. The van der Waals surface area contributed by atoms with E-state index in [1.807, 2.05) is 6.07 Å². The average molecular weight is 537 g/mol. The van der Waals surface area contributed by atoms with Gasteiger partial charge in [-0.1, -0.05) is 45.4 Å². The van der Waals surface area contributed by atoms with Crippen LogP contribution in [-0.4, -0.2) is 37.8 Å². The Balaban J connectivity index is 1.41. The van der Waals surface area contributed by atoms with Crippen LogP contribution in [0.15, 0.2) is 47.4 Å². The van der Waals surface area contributed by atoms with Crippen molar-refractivity contribution in [3.63, 3.8) is 0 Å². The van der Waals surface area contributed by atoms with Gasteiger partial charge in [-0.25, -0.2) is 8.42 Å². The number of rotatable bonds is 8. The molecule has 1 aliphatic carbocycles. The fraction of sp³-hybridized carbons (Fsp3) is 0.533. The number of carbonyl (C=O) groups excluding carboxylic acids is 1. The van der Waals surface area contributed by atoms with Crippen molar-refractivity contribution in [2.24, 2.45) is 5.41 Å². The van der Waals surface area contributed by atoms with Gasteiger partial charge in [0.15, 0.2) is 0 Å². The van der Waals surface area contributed by atoms with Gasteiger partial charge in [-0.05, 0) is 78.5 Å². The summed E-state index contributed by atoms with van der Waals surface area (Å²) in [5, 5.41) is 15.8. The molecule has 2 N–H and O–H groups in total. The van der Waals surface area contributed by atoms with E-state index in [4.69, 9.17) is 5.26 Å². The molecule has 0 radical (unpaired) electrons. The third kappa shape index (κ3) is 7.02. The molecule has 204 valence electrons. The lowest BCUT2D eigenvalue weighted by molar-refractivity contribution is -0.123. The highest BCUT2D eigenvalue weighted by Crippen LogP contribution is 2.32. The van der Waals surface area contributed by atoms with Crippen molar-refractivity contribution in [2.75, 3.05) is 13.1 Å². The molecule has 0 saturated carbocycles. The number of nitrogens with zero attached hydrogens (tertiary/aromatic N) is 2. The molecule has 2 aliphatic rings. The topological polar surface area (TPSA) is 102 Å². The molecule has 2 atom stereocenters. The number of hydrogen-bond donors (Lipinski definition) is 2. The number of hydrogen-bond acceptors (Lipinski definition) is 5. The predicted molar refractivity (Wildman–Crippen MR) is 149 cm³/mol. The fourth-order valence-corrected chi connectivity index (χ4v) is 7.20. The van der Waals surface area contributed by atoms with Crippen LogP contribution < -0.4 is 10.6 Å². The molecule has 1 fully saturated rings. The van der Waals surface area contributed by atoms with Crippen LogP contribution >= 0.6 is 0 Å². The molecular weight excluding hydrogens is 496 g/mol. The van der Waals surface area contributed by atoms with Crippen LogP contribution in [0.4, 0.5) is 0 Å². The Labute approximate surface area is 227 Å². The zero-order chi connectivity index (χ0) is 27.3. The number of carbonyl (C=O) groups is 1. The Morgan fingerprint density at radius 1 is 1.08 bits per heavy atom. The van der Waals surface area contributed by atoms with E-state index >= 15 is 0 Å². The zero-order valence-electron chi connectivity index (χ0n) is 22.8. The van der Waals surface area contributed by atoms with E-state index in [0.717, 1.165) is 45.2 Å². The summed E-state index contributed by atoms with van der Waals surface area (Å²) in [6.45, 7) is 8.83. The van der Waals surface area contributed by atoms with Gasteiger partial charge in [0.2, 0.25) is 15.9 Å². The van der Waals surface area contributed by atoms with Crippen LogP contribution in [0.2, 0.25) is 0 Å². The summed E-state index contributed by atoms with van der Waals surface area (Å²) in [4.78, 5) is 13.4. The number of benzene rings is 2. The van der Waals surface area contributed by atoms with E-state index in [-0.39, 0.29) is 34.7 Å². The molecular formula is C30H40N4O3S. The monoisotopic (exact) mass is 536 g/mol. The Kier molecular flexibility index (Phi) is 8.92. The second-order valence-electron chi connectivity index (χ2n) is 11.8. The van der Waals surface area contributed by atoms with Crippen LogP contribution in [0, 0.1) is 16.7 Å². The summed E-state index contributed by atoms with van der Waals surface area (Å²) in [5.41, 5.74) is 4.37. The summed E-state index contributed by atoms with van der Waals surface area (Å²) >= 11 is 0. The SMILES string of the molecule is CC(C)(C)CNCc1ccc2c(c1)CCCC2NC(=O)CC1CCCCN1S(=O)(=O)c1ccc(C#N)cc1. The van der Waals surface area contributed by atoms with E-state index in [9.17, 15) is 13.2 Å². The molecule has 0 spiro atoms. The van der Waals surface area contributed by atoms with Crippen molar-refractivity contribution < 1.29 is 13.2 Å². The second-order valence-corrected chi connectivity index (χ2v) is 13.7. The van der Waals surface area contributed by atoms with E-state index in [1.54, 1.807) is 0 Å². The Hall–Kier alpha value is -2.73. The van der Waals surface area contributed by atoms with Gasteiger partial charge < -0.3 is 10.6 Å². The molecule has 1 heterocycles. The van der Waals surface area contributed by atoms with E-state index < -0.39 is 10.0 Å². The standard InChI is InChI=1S/C30H40N4O3S/c1-30(2,3)21-32-20-23-12-15-27-24(17-23)7-6-9-28(27)33-29(35)18-25-8-4-5-16-34(25)38(36,37)26-13-10-22(19-31)11-14-26/h10-15,17,25,28,32H,4-9,16,18,20-21H2,1-3H3,(H,33,35). The Bertz CT molecular complexity index is 1280. The average Bonchev–Trinajstić information content (AvgIpc) is 2.88. The maximum absolute atomic E-state index is 13.4. The van der Waals surface area contributed by atoms with Gasteiger partial charge >= 0.3 is 0 Å². The van der Waals surface area contributed by atoms with Crippen LogP contribution in [0.1, 0.15) is 87.6 Å². The minimum absolute atomic E-state index is 0.0463. The highest BCUT2D eigenvalue weighted by Gasteiger charge is 2.35. The fourth-order valence-electron chi connectivity index (χ4n) is 5.51. The van der Waals surface area contributed by atoms with Crippen molar-refractivity contribution in [3.05, 3.63) is 64.7 Å². The smallest absolute Gasteiger partial charge is 0.243 e. The number of aryl methyl sites for hydroxylation is 1. The van der Waals surface area contributed by atoms with Gasteiger partial charge in [0.25, 0.3) is 0 Å². The van der Waals surface area contributed by atoms with Gasteiger partial charge in [-0.3, -0.25) is 4.79 Å². The van der Waals surface area contributed by atoms with Crippen molar-refractivity contribution in [1.29, 1.82) is 5.26 Å². The zero-order valence-corrected chi connectivity index (χ0v) is 23.6. The van der Waals surface area contributed by atoms with Crippen molar-refractivity contribution in [3.8, 4) is 6.07 Å². The number of piperidine rings is 1. The van der Waals surface area contributed by atoms with Gasteiger partial charge in [0.05, 0.1) is 22.6 Å². The Morgan fingerprint density at radius 3 is 2.55 bits per heavy atom. The van der Waals surface area contributed by atoms with E-state index in [2.05, 4.69) is 49.6 Å². The molecule has 0 bridgehead atoms. The molecule has 1 saturated heterocycles. The van der Waals surface area contributed by atoms with E-state index in [1.165, 1.54) is 45.3 Å². The van der Waals surface area contributed by atoms with Crippen LogP contribution in [0.5, 0.6) is 0 Å². The highest BCUT2D eigenvalue weighted by molar-refractivity contribution is 7.89. The maximum Gasteiger partial charge on any atom is 0.243 e. The molecule has 1 amide bonds. The quantitative estimate of drug-likeness (QED) is 0.504. The lowest BCUT2D eigenvalue weighted by Crippen LogP contribution is -2.46. The number of amides is 1. The van der Waals surface area contributed by atoms with Crippen molar-refractivity contribution in [1.82, 2.24) is 14.9 Å². The van der Waals surface area contributed by atoms with Gasteiger partial charge in [0.1, 0.15) is 0 Å². The minimum Gasteiger partial charge on any atom is -0.349 e.